The average molecular weight is 412 g/mol. The molecule has 2 rings (SSSR count). The second-order valence-corrected chi connectivity index (χ2v) is 7.22. The number of nitrogens with two attached hydrogens (primary N) is 1. The number of carbonyl (C=O) groups excluding carboxylic acids is 3. The van der Waals surface area contributed by atoms with E-state index in [1.54, 1.807) is 0 Å². The lowest BCUT2D eigenvalue weighted by molar-refractivity contribution is -0.129. The van der Waals surface area contributed by atoms with Crippen LogP contribution in [0.4, 0.5) is 4.79 Å². The van der Waals surface area contributed by atoms with Crippen LogP contribution in [-0.4, -0.2) is 30.0 Å². The number of carbonyl (C=O) groups is 3. The van der Waals surface area contributed by atoms with Gasteiger partial charge in [-0.2, -0.15) is 0 Å². The fraction of sp³-hybridized carbons (Fsp3) is 0.348. The summed E-state index contributed by atoms with van der Waals surface area (Å²) in [4.78, 5) is 37.0. The first-order valence-electron chi connectivity index (χ1n) is 10.0. The number of benzene rings is 2. The Morgan fingerprint density at radius 1 is 0.933 bits per heavy atom. The van der Waals surface area contributed by atoms with Crippen LogP contribution in [0.25, 0.3) is 0 Å². The minimum atomic E-state index is -0.915. The first kappa shape index (κ1) is 22.9. The summed E-state index contributed by atoms with van der Waals surface area (Å²) in [6.45, 7) is 3.83. The van der Waals surface area contributed by atoms with Crippen LogP contribution < -0.4 is 16.4 Å². The standard InChI is InChI=1S/C23H29N3O4/c1-3-16(2)20(21(24)27)26-22(28)19(14-17-10-6-4-7-11-17)25-23(29)30-15-18-12-8-5-9-13-18/h4-13,16,19-20H,3,14-15H2,1-2H3,(H2,24,27)(H,25,29)(H,26,28)/t16-,19+,20-/m0/s1. The van der Waals surface area contributed by atoms with Crippen molar-refractivity contribution in [3.05, 3.63) is 71.8 Å². The lowest BCUT2D eigenvalue weighted by Gasteiger charge is -2.25. The first-order chi connectivity index (χ1) is 14.4. The molecule has 7 nitrogen and oxygen atoms in total. The molecule has 0 aliphatic heterocycles. The van der Waals surface area contributed by atoms with Crippen molar-refractivity contribution in [1.82, 2.24) is 10.6 Å². The molecule has 0 radical (unpaired) electrons. The summed E-state index contributed by atoms with van der Waals surface area (Å²) in [5, 5.41) is 5.29. The van der Waals surface area contributed by atoms with Gasteiger partial charge in [0.05, 0.1) is 0 Å². The predicted molar refractivity (Wildman–Crippen MR) is 114 cm³/mol. The fourth-order valence-electron chi connectivity index (χ4n) is 2.95. The third-order valence-electron chi connectivity index (χ3n) is 4.92. The topological polar surface area (TPSA) is 111 Å². The summed E-state index contributed by atoms with van der Waals surface area (Å²) in [5.74, 6) is -1.23. The average Bonchev–Trinajstić information content (AvgIpc) is 2.76. The van der Waals surface area contributed by atoms with E-state index in [-0.39, 0.29) is 18.9 Å². The van der Waals surface area contributed by atoms with Gasteiger partial charge in [-0.15, -0.1) is 0 Å². The zero-order chi connectivity index (χ0) is 21.9. The van der Waals surface area contributed by atoms with E-state index in [0.717, 1.165) is 11.1 Å². The normalized spacial score (nSPS) is 13.5. The predicted octanol–water partition coefficient (Wildman–Crippen LogP) is 2.54. The van der Waals surface area contributed by atoms with Crippen LogP contribution in [0.2, 0.25) is 0 Å². The number of amides is 3. The van der Waals surface area contributed by atoms with Crippen molar-refractivity contribution in [2.45, 2.75) is 45.4 Å². The molecule has 3 atom stereocenters. The van der Waals surface area contributed by atoms with E-state index >= 15 is 0 Å². The highest BCUT2D eigenvalue weighted by atomic mass is 16.5. The third kappa shape index (κ3) is 7.24. The monoisotopic (exact) mass is 411 g/mol. The van der Waals surface area contributed by atoms with Crippen molar-refractivity contribution in [1.29, 1.82) is 0 Å². The highest BCUT2D eigenvalue weighted by molar-refractivity contribution is 5.91. The van der Waals surface area contributed by atoms with Gasteiger partial charge in [0.25, 0.3) is 0 Å². The Morgan fingerprint density at radius 3 is 2.03 bits per heavy atom. The molecule has 0 spiro atoms. The van der Waals surface area contributed by atoms with Crippen LogP contribution in [0.3, 0.4) is 0 Å². The van der Waals surface area contributed by atoms with E-state index in [4.69, 9.17) is 10.5 Å². The summed E-state index contributed by atoms with van der Waals surface area (Å²) in [5.41, 5.74) is 7.16. The van der Waals surface area contributed by atoms with Gasteiger partial charge in [-0.1, -0.05) is 80.9 Å². The highest BCUT2D eigenvalue weighted by Gasteiger charge is 2.29. The van der Waals surface area contributed by atoms with E-state index < -0.39 is 30.0 Å². The Hall–Kier alpha value is -3.35. The van der Waals surface area contributed by atoms with Gasteiger partial charge in [0.2, 0.25) is 11.8 Å². The van der Waals surface area contributed by atoms with Gasteiger partial charge in [-0.25, -0.2) is 4.79 Å². The summed E-state index contributed by atoms with van der Waals surface area (Å²) >= 11 is 0. The number of hydrogen-bond donors (Lipinski definition) is 3. The van der Waals surface area contributed by atoms with Gasteiger partial charge >= 0.3 is 6.09 Å². The molecule has 7 heteroatoms. The smallest absolute Gasteiger partial charge is 0.408 e. The van der Waals surface area contributed by atoms with E-state index in [1.165, 1.54) is 0 Å². The molecule has 0 bridgehead atoms. The Labute approximate surface area is 177 Å². The van der Waals surface area contributed by atoms with Gasteiger partial charge in [0.15, 0.2) is 0 Å². The maximum absolute atomic E-state index is 12.9. The quantitative estimate of drug-likeness (QED) is 0.558. The molecule has 30 heavy (non-hydrogen) atoms. The molecule has 3 amide bonds. The zero-order valence-corrected chi connectivity index (χ0v) is 17.3. The van der Waals surface area contributed by atoms with Crippen molar-refractivity contribution in [2.24, 2.45) is 11.7 Å². The lowest BCUT2D eigenvalue weighted by atomic mass is 9.97. The van der Waals surface area contributed by atoms with Gasteiger partial charge in [0.1, 0.15) is 18.7 Å². The maximum Gasteiger partial charge on any atom is 0.408 e. The van der Waals surface area contributed by atoms with E-state index in [1.807, 2.05) is 74.5 Å². The molecule has 0 heterocycles. The van der Waals surface area contributed by atoms with Crippen molar-refractivity contribution >= 4 is 17.9 Å². The van der Waals surface area contributed by atoms with Crippen molar-refractivity contribution in [3.63, 3.8) is 0 Å². The van der Waals surface area contributed by atoms with Gasteiger partial charge in [-0.05, 0) is 17.0 Å². The summed E-state index contributed by atoms with van der Waals surface area (Å²) in [6, 6.07) is 16.8. The molecule has 4 N–H and O–H groups in total. The van der Waals surface area contributed by atoms with Gasteiger partial charge < -0.3 is 21.1 Å². The largest absolute Gasteiger partial charge is 0.445 e. The van der Waals surface area contributed by atoms with E-state index in [2.05, 4.69) is 10.6 Å². The van der Waals surface area contributed by atoms with Crippen LogP contribution in [0.15, 0.2) is 60.7 Å². The first-order valence-corrected chi connectivity index (χ1v) is 10.0. The SMILES string of the molecule is CC[C@H](C)[C@H](NC(=O)[C@@H](Cc1ccccc1)NC(=O)OCc1ccccc1)C(N)=O. The number of primary amides is 1. The van der Waals surface area contributed by atoms with Crippen LogP contribution >= 0.6 is 0 Å². The van der Waals surface area contributed by atoms with Crippen LogP contribution in [0, 0.1) is 5.92 Å². The Morgan fingerprint density at radius 2 is 1.50 bits per heavy atom. The van der Waals surface area contributed by atoms with Gasteiger partial charge in [-0.3, -0.25) is 9.59 Å². The fourth-order valence-corrected chi connectivity index (χ4v) is 2.95. The Bertz CT molecular complexity index is 827. The molecule has 0 aliphatic carbocycles. The third-order valence-corrected chi connectivity index (χ3v) is 4.92. The Kier molecular flexibility index (Phi) is 8.87. The minimum absolute atomic E-state index is 0.0864. The molecule has 2 aromatic rings. The molecule has 160 valence electrons. The molecule has 0 unspecified atom stereocenters. The maximum atomic E-state index is 12.9. The van der Waals surface area contributed by atoms with E-state index in [0.29, 0.717) is 6.42 Å². The zero-order valence-electron chi connectivity index (χ0n) is 17.3. The summed E-state index contributed by atoms with van der Waals surface area (Å²) in [7, 11) is 0. The molecule has 0 saturated heterocycles. The van der Waals surface area contributed by atoms with Crippen LogP contribution in [0.5, 0.6) is 0 Å². The van der Waals surface area contributed by atoms with Crippen LogP contribution in [0.1, 0.15) is 31.4 Å². The molecule has 2 aromatic carbocycles. The molecule has 0 aromatic heterocycles. The van der Waals surface area contributed by atoms with Gasteiger partial charge in [0, 0.05) is 6.42 Å². The second-order valence-electron chi connectivity index (χ2n) is 7.22. The second kappa shape index (κ2) is 11.6. The number of alkyl carbamates (subject to hydrolysis) is 1. The van der Waals surface area contributed by atoms with E-state index in [9.17, 15) is 14.4 Å². The number of ether oxygens (including phenoxy) is 1. The summed E-state index contributed by atoms with van der Waals surface area (Å²) in [6.07, 6.45) is 0.206. The molecule has 0 aliphatic rings. The Balaban J connectivity index is 2.08. The number of rotatable bonds is 10. The van der Waals surface area contributed by atoms with Crippen molar-refractivity contribution in [2.75, 3.05) is 0 Å². The lowest BCUT2D eigenvalue weighted by Crippen LogP contribution is -2.55. The number of nitrogens with one attached hydrogen (secondary N) is 2. The molecule has 0 fully saturated rings. The highest BCUT2D eigenvalue weighted by Crippen LogP contribution is 2.10. The molecular formula is C23H29N3O4. The van der Waals surface area contributed by atoms with Crippen LogP contribution in [-0.2, 0) is 27.4 Å². The molecule has 0 saturated carbocycles. The number of hydrogen-bond acceptors (Lipinski definition) is 4. The van der Waals surface area contributed by atoms with Crippen molar-refractivity contribution in [3.8, 4) is 0 Å². The van der Waals surface area contributed by atoms with Crippen molar-refractivity contribution < 1.29 is 19.1 Å². The summed E-state index contributed by atoms with van der Waals surface area (Å²) < 4.78 is 5.25. The minimum Gasteiger partial charge on any atom is -0.445 e. The molecular weight excluding hydrogens is 382 g/mol.